The Morgan fingerprint density at radius 1 is 1.53 bits per heavy atom. The molecule has 15 heavy (non-hydrogen) atoms. The van der Waals surface area contributed by atoms with E-state index >= 15 is 0 Å². The van der Waals surface area contributed by atoms with Gasteiger partial charge >= 0.3 is 0 Å². The minimum Gasteiger partial charge on any atom is -0.377 e. The van der Waals surface area contributed by atoms with Gasteiger partial charge in [0.1, 0.15) is 0 Å². The molecular formula is C9H14B3NO2. The molecule has 0 bridgehead atoms. The number of nitrogens with zero attached hydrogens (tertiary/aromatic N) is 1. The highest BCUT2D eigenvalue weighted by atomic mass is 16.5. The zero-order valence-corrected chi connectivity index (χ0v) is 9.49. The minimum atomic E-state index is -1.80. The smallest absolute Gasteiger partial charge is 0.204 e. The SMILES string of the molecule is [B]C([B])([B])C(=O)N1CC(C)(OC)CC1C. The molecule has 1 aliphatic heterocycles. The number of carbonyl (C=O) groups excluding carboxylic acids is 1. The Bertz CT molecular complexity index is 267. The average Bonchev–Trinajstić information content (AvgIpc) is 2.40. The fourth-order valence-corrected chi connectivity index (χ4v) is 1.98. The molecule has 3 nitrogen and oxygen atoms in total. The Morgan fingerprint density at radius 3 is 2.40 bits per heavy atom. The van der Waals surface area contributed by atoms with Crippen LogP contribution in [0.5, 0.6) is 0 Å². The lowest BCUT2D eigenvalue weighted by atomic mass is 9.42. The monoisotopic (exact) mass is 201 g/mol. The molecule has 0 aromatic carbocycles. The van der Waals surface area contributed by atoms with Crippen molar-refractivity contribution in [1.82, 2.24) is 4.90 Å². The zero-order chi connectivity index (χ0) is 11.9. The van der Waals surface area contributed by atoms with E-state index in [0.717, 1.165) is 6.42 Å². The molecule has 2 unspecified atom stereocenters. The molecule has 1 heterocycles. The van der Waals surface area contributed by atoms with E-state index in [-0.39, 0.29) is 11.6 Å². The second-order valence-corrected chi connectivity index (χ2v) is 4.57. The van der Waals surface area contributed by atoms with Crippen LogP contribution in [-0.2, 0) is 9.53 Å². The summed E-state index contributed by atoms with van der Waals surface area (Å²) >= 11 is 0. The molecule has 6 heteroatoms. The van der Waals surface area contributed by atoms with Crippen molar-refractivity contribution in [1.29, 1.82) is 0 Å². The standard InChI is InChI=1S/C9H14B3NO2/c1-6-4-8(2,15-3)5-13(6)7(14)9(10,11)12/h6H,4-5H2,1-3H3. The first-order chi connectivity index (χ1) is 6.69. The summed E-state index contributed by atoms with van der Waals surface area (Å²) in [6, 6.07) is 0.0393. The third-order valence-electron chi connectivity index (χ3n) is 2.89. The molecule has 0 aromatic heterocycles. The first-order valence-electron chi connectivity index (χ1n) is 4.92. The van der Waals surface area contributed by atoms with Crippen LogP contribution in [0.3, 0.4) is 0 Å². The maximum Gasteiger partial charge on any atom is 0.204 e. The third kappa shape index (κ3) is 2.60. The number of amides is 1. The summed E-state index contributed by atoms with van der Waals surface area (Å²) in [6.07, 6.45) is 0.755. The largest absolute Gasteiger partial charge is 0.377 e. The van der Waals surface area contributed by atoms with Gasteiger partial charge in [0.05, 0.1) is 29.1 Å². The van der Waals surface area contributed by atoms with Crippen LogP contribution >= 0.6 is 0 Å². The van der Waals surface area contributed by atoms with Gasteiger partial charge < -0.3 is 9.64 Å². The van der Waals surface area contributed by atoms with Gasteiger partial charge in [-0.15, -0.1) is 0 Å². The van der Waals surface area contributed by atoms with Gasteiger partial charge in [0.25, 0.3) is 0 Å². The van der Waals surface area contributed by atoms with E-state index in [1.54, 1.807) is 12.0 Å². The van der Waals surface area contributed by atoms with Crippen molar-refractivity contribution in [2.45, 2.75) is 37.0 Å². The number of hydrogen-bond acceptors (Lipinski definition) is 2. The molecular weight excluding hydrogens is 187 g/mol. The van der Waals surface area contributed by atoms with Gasteiger partial charge in [0.15, 0.2) is 0 Å². The number of ether oxygens (including phenoxy) is 1. The second kappa shape index (κ2) is 3.89. The van der Waals surface area contributed by atoms with Gasteiger partial charge in [-0.25, -0.2) is 0 Å². The van der Waals surface area contributed by atoms with E-state index < -0.39 is 11.0 Å². The Labute approximate surface area is 95.1 Å². The molecule has 1 rings (SSSR count). The van der Waals surface area contributed by atoms with E-state index in [2.05, 4.69) is 0 Å². The molecule has 0 spiro atoms. The predicted octanol–water partition coefficient (Wildman–Crippen LogP) is -0.409. The Kier molecular flexibility index (Phi) is 3.29. The second-order valence-electron chi connectivity index (χ2n) is 4.57. The maximum atomic E-state index is 11.8. The van der Waals surface area contributed by atoms with Gasteiger partial charge in [0, 0.05) is 19.7 Å². The van der Waals surface area contributed by atoms with Crippen molar-refractivity contribution in [3.8, 4) is 0 Å². The maximum absolute atomic E-state index is 11.8. The van der Waals surface area contributed by atoms with Crippen molar-refractivity contribution < 1.29 is 9.53 Å². The zero-order valence-electron chi connectivity index (χ0n) is 9.49. The van der Waals surface area contributed by atoms with Crippen LogP contribution in [0.4, 0.5) is 0 Å². The topological polar surface area (TPSA) is 29.5 Å². The Balaban J connectivity index is 2.78. The van der Waals surface area contributed by atoms with Crippen LogP contribution in [0.2, 0.25) is 5.11 Å². The molecule has 1 saturated heterocycles. The van der Waals surface area contributed by atoms with Crippen LogP contribution in [0.1, 0.15) is 20.3 Å². The summed E-state index contributed by atoms with van der Waals surface area (Å²) in [5, 5.41) is -1.80. The fraction of sp³-hybridized carbons (Fsp3) is 0.889. The van der Waals surface area contributed by atoms with Crippen molar-refractivity contribution >= 4 is 29.4 Å². The molecule has 1 fully saturated rings. The number of hydrogen-bond donors (Lipinski definition) is 0. The van der Waals surface area contributed by atoms with Gasteiger partial charge in [-0.2, -0.15) is 0 Å². The van der Waals surface area contributed by atoms with Crippen LogP contribution in [0, 0.1) is 0 Å². The number of carbonyl (C=O) groups is 1. The first kappa shape index (κ1) is 12.7. The summed E-state index contributed by atoms with van der Waals surface area (Å²) in [7, 11) is 17.8. The van der Waals surface area contributed by atoms with Crippen LogP contribution in [-0.4, -0.2) is 59.6 Å². The first-order valence-corrected chi connectivity index (χ1v) is 4.92. The molecule has 2 atom stereocenters. The van der Waals surface area contributed by atoms with Crippen LogP contribution in [0.25, 0.3) is 0 Å². The van der Waals surface area contributed by atoms with Crippen molar-refractivity contribution in [2.75, 3.05) is 13.7 Å². The molecule has 0 aromatic rings. The third-order valence-corrected chi connectivity index (χ3v) is 2.89. The normalized spacial score (nSPS) is 31.9. The van der Waals surface area contributed by atoms with Gasteiger partial charge in [-0.3, -0.25) is 4.79 Å². The number of methoxy groups -OCH3 is 1. The summed E-state index contributed by atoms with van der Waals surface area (Å²) in [4.78, 5) is 13.3. The quantitative estimate of drug-likeness (QED) is 0.568. The van der Waals surface area contributed by atoms with Crippen LogP contribution in [0.15, 0.2) is 0 Å². The molecule has 0 N–H and O–H groups in total. The summed E-state index contributed by atoms with van der Waals surface area (Å²) < 4.78 is 5.35. The summed E-state index contributed by atoms with van der Waals surface area (Å²) in [5.74, 6) is -0.448. The van der Waals surface area contributed by atoms with Crippen molar-refractivity contribution in [3.05, 3.63) is 0 Å². The van der Waals surface area contributed by atoms with E-state index in [1.165, 1.54) is 0 Å². The molecule has 0 aliphatic carbocycles. The molecule has 76 valence electrons. The lowest BCUT2D eigenvalue weighted by Crippen LogP contribution is -2.44. The van der Waals surface area contributed by atoms with E-state index in [9.17, 15) is 4.79 Å². The van der Waals surface area contributed by atoms with Crippen LogP contribution < -0.4 is 0 Å². The van der Waals surface area contributed by atoms with E-state index in [0.29, 0.717) is 6.54 Å². The molecule has 1 amide bonds. The highest BCUT2D eigenvalue weighted by Crippen LogP contribution is 2.32. The predicted molar refractivity (Wildman–Crippen MR) is 61.2 cm³/mol. The Morgan fingerprint density at radius 2 is 2.07 bits per heavy atom. The lowest BCUT2D eigenvalue weighted by Gasteiger charge is -2.30. The Hall–Kier alpha value is -0.375. The van der Waals surface area contributed by atoms with Crippen molar-refractivity contribution in [2.24, 2.45) is 0 Å². The summed E-state index contributed by atoms with van der Waals surface area (Å²) in [6.45, 7) is 4.34. The highest BCUT2D eigenvalue weighted by Gasteiger charge is 2.42. The molecule has 1 aliphatic rings. The van der Waals surface area contributed by atoms with Gasteiger partial charge in [-0.05, 0) is 20.3 Å². The lowest BCUT2D eigenvalue weighted by molar-refractivity contribution is -0.131. The number of likely N-dealkylation sites (tertiary alicyclic amines) is 1. The average molecular weight is 201 g/mol. The highest BCUT2D eigenvalue weighted by molar-refractivity contribution is 6.68. The number of rotatable bonds is 2. The van der Waals surface area contributed by atoms with E-state index in [1.807, 2.05) is 13.8 Å². The van der Waals surface area contributed by atoms with Gasteiger partial charge in [-0.1, -0.05) is 5.11 Å². The molecule has 6 radical (unpaired) electrons. The molecule has 0 saturated carbocycles. The van der Waals surface area contributed by atoms with Crippen molar-refractivity contribution in [3.63, 3.8) is 0 Å². The van der Waals surface area contributed by atoms with Gasteiger partial charge in [0.2, 0.25) is 5.91 Å². The van der Waals surface area contributed by atoms with E-state index in [4.69, 9.17) is 28.3 Å². The summed E-state index contributed by atoms with van der Waals surface area (Å²) in [5.41, 5.74) is -0.333. The minimum absolute atomic E-state index is 0.0393. The fourth-order valence-electron chi connectivity index (χ4n) is 1.98.